The fourth-order valence-corrected chi connectivity index (χ4v) is 2.00. The summed E-state index contributed by atoms with van der Waals surface area (Å²) < 4.78 is 11.3. The molecule has 0 aliphatic carbocycles. The smallest absolute Gasteiger partial charge is 0.227 e. The maximum absolute atomic E-state index is 5.87. The lowest BCUT2D eigenvalue weighted by molar-refractivity contribution is 0.339. The van der Waals surface area contributed by atoms with Crippen LogP contribution in [0.25, 0.3) is 0 Å². The molecule has 0 aliphatic rings. The molecule has 1 aromatic heterocycles. The van der Waals surface area contributed by atoms with Crippen LogP contribution in [0, 0.1) is 0 Å². The molecule has 1 aromatic carbocycles. The molecule has 1 N–H and O–H groups in total. The van der Waals surface area contributed by atoms with E-state index in [0.29, 0.717) is 12.5 Å². The molecule has 2 aromatic rings. The van der Waals surface area contributed by atoms with Gasteiger partial charge in [-0.2, -0.15) is 0 Å². The SMILES string of the molecule is CCNc1ncnc(Oc2ccc(OCC)cc2)c1CC. The van der Waals surface area contributed by atoms with E-state index in [0.717, 1.165) is 35.8 Å². The Hall–Kier alpha value is -2.30. The van der Waals surface area contributed by atoms with E-state index in [4.69, 9.17) is 9.47 Å². The molecule has 0 saturated heterocycles. The van der Waals surface area contributed by atoms with E-state index >= 15 is 0 Å². The van der Waals surface area contributed by atoms with Gasteiger partial charge in [-0.25, -0.2) is 9.97 Å². The highest BCUT2D eigenvalue weighted by Gasteiger charge is 2.11. The number of nitrogens with zero attached hydrogens (tertiary/aromatic N) is 2. The molecule has 0 atom stereocenters. The molecule has 0 spiro atoms. The number of aromatic nitrogens is 2. The van der Waals surface area contributed by atoms with Crippen molar-refractivity contribution in [2.45, 2.75) is 27.2 Å². The van der Waals surface area contributed by atoms with E-state index in [1.807, 2.05) is 38.1 Å². The molecule has 0 fully saturated rings. The summed E-state index contributed by atoms with van der Waals surface area (Å²) in [6, 6.07) is 7.52. The fraction of sp³-hybridized carbons (Fsp3) is 0.375. The number of hydrogen-bond acceptors (Lipinski definition) is 5. The van der Waals surface area contributed by atoms with Gasteiger partial charge < -0.3 is 14.8 Å². The van der Waals surface area contributed by atoms with Crippen molar-refractivity contribution < 1.29 is 9.47 Å². The Labute approximate surface area is 125 Å². The Morgan fingerprint density at radius 3 is 2.33 bits per heavy atom. The first-order valence-electron chi connectivity index (χ1n) is 7.26. The van der Waals surface area contributed by atoms with E-state index in [9.17, 15) is 0 Å². The van der Waals surface area contributed by atoms with Gasteiger partial charge in [0.25, 0.3) is 0 Å². The predicted molar refractivity (Wildman–Crippen MR) is 83.3 cm³/mol. The van der Waals surface area contributed by atoms with Crippen LogP contribution in [0.5, 0.6) is 17.4 Å². The number of nitrogens with one attached hydrogen (secondary N) is 1. The van der Waals surface area contributed by atoms with Crippen LogP contribution in [0.3, 0.4) is 0 Å². The monoisotopic (exact) mass is 287 g/mol. The Morgan fingerprint density at radius 1 is 1.00 bits per heavy atom. The predicted octanol–water partition coefficient (Wildman–Crippen LogP) is 3.66. The van der Waals surface area contributed by atoms with E-state index < -0.39 is 0 Å². The molecule has 1 heterocycles. The fourth-order valence-electron chi connectivity index (χ4n) is 2.00. The third-order valence-electron chi connectivity index (χ3n) is 2.95. The second-order valence-corrected chi connectivity index (χ2v) is 4.40. The summed E-state index contributed by atoms with van der Waals surface area (Å²) in [4.78, 5) is 8.50. The van der Waals surface area contributed by atoms with Crippen molar-refractivity contribution in [2.24, 2.45) is 0 Å². The van der Waals surface area contributed by atoms with Gasteiger partial charge in [-0.1, -0.05) is 6.92 Å². The van der Waals surface area contributed by atoms with Crippen molar-refractivity contribution in [2.75, 3.05) is 18.5 Å². The highest BCUT2D eigenvalue weighted by atomic mass is 16.5. The van der Waals surface area contributed by atoms with Crippen LogP contribution in [-0.2, 0) is 6.42 Å². The molecule has 5 heteroatoms. The van der Waals surface area contributed by atoms with Crippen LogP contribution in [0.15, 0.2) is 30.6 Å². The van der Waals surface area contributed by atoms with Gasteiger partial charge in [-0.3, -0.25) is 0 Å². The zero-order valence-corrected chi connectivity index (χ0v) is 12.7. The van der Waals surface area contributed by atoms with Gasteiger partial charge in [0.2, 0.25) is 5.88 Å². The molecule has 112 valence electrons. The van der Waals surface area contributed by atoms with Crippen molar-refractivity contribution in [1.82, 2.24) is 9.97 Å². The molecule has 0 bridgehead atoms. The molecule has 21 heavy (non-hydrogen) atoms. The Balaban J connectivity index is 2.20. The Bertz CT molecular complexity index is 570. The summed E-state index contributed by atoms with van der Waals surface area (Å²) in [5.74, 6) is 2.98. The molecule has 0 aliphatic heterocycles. The maximum atomic E-state index is 5.87. The molecule has 5 nitrogen and oxygen atoms in total. The lowest BCUT2D eigenvalue weighted by Gasteiger charge is -2.13. The van der Waals surface area contributed by atoms with Crippen LogP contribution in [-0.4, -0.2) is 23.1 Å². The van der Waals surface area contributed by atoms with Gasteiger partial charge in [-0.15, -0.1) is 0 Å². The molecular weight excluding hydrogens is 266 g/mol. The van der Waals surface area contributed by atoms with Crippen molar-refractivity contribution in [3.63, 3.8) is 0 Å². The first kappa shape index (κ1) is 15.1. The zero-order chi connectivity index (χ0) is 15.1. The quantitative estimate of drug-likeness (QED) is 0.842. The summed E-state index contributed by atoms with van der Waals surface area (Å²) in [6.45, 7) is 7.52. The second-order valence-electron chi connectivity index (χ2n) is 4.40. The van der Waals surface area contributed by atoms with Gasteiger partial charge >= 0.3 is 0 Å². The van der Waals surface area contributed by atoms with Crippen LogP contribution in [0.1, 0.15) is 26.3 Å². The third-order valence-corrected chi connectivity index (χ3v) is 2.95. The third kappa shape index (κ3) is 3.84. The first-order chi connectivity index (χ1) is 10.3. The lowest BCUT2D eigenvalue weighted by Crippen LogP contribution is -2.05. The van der Waals surface area contributed by atoms with Crippen molar-refractivity contribution >= 4 is 5.82 Å². The number of hydrogen-bond donors (Lipinski definition) is 1. The van der Waals surface area contributed by atoms with Crippen molar-refractivity contribution in [3.05, 3.63) is 36.2 Å². The van der Waals surface area contributed by atoms with Crippen molar-refractivity contribution in [1.29, 1.82) is 0 Å². The summed E-state index contributed by atoms with van der Waals surface area (Å²) in [6.07, 6.45) is 2.32. The average Bonchev–Trinajstić information content (AvgIpc) is 2.50. The summed E-state index contributed by atoms with van der Waals surface area (Å²) in [5, 5.41) is 3.23. The summed E-state index contributed by atoms with van der Waals surface area (Å²) >= 11 is 0. The molecule has 0 amide bonds. The maximum Gasteiger partial charge on any atom is 0.227 e. The van der Waals surface area contributed by atoms with Crippen LogP contribution < -0.4 is 14.8 Å². The van der Waals surface area contributed by atoms with Crippen LogP contribution >= 0.6 is 0 Å². The average molecular weight is 287 g/mol. The highest BCUT2D eigenvalue weighted by molar-refractivity contribution is 5.49. The summed E-state index contributed by atoms with van der Waals surface area (Å²) in [7, 11) is 0. The standard InChI is InChI=1S/C16H21N3O2/c1-4-14-15(17-5-2)18-11-19-16(14)21-13-9-7-12(8-10-13)20-6-3/h7-11H,4-6H2,1-3H3,(H,17,18,19). The zero-order valence-electron chi connectivity index (χ0n) is 12.7. The Kier molecular flexibility index (Phi) is 5.37. The van der Waals surface area contributed by atoms with E-state index in [1.165, 1.54) is 6.33 Å². The lowest BCUT2D eigenvalue weighted by atomic mass is 10.2. The molecule has 0 saturated carbocycles. The van der Waals surface area contributed by atoms with Gasteiger partial charge in [0.05, 0.1) is 12.2 Å². The minimum atomic E-state index is 0.590. The number of rotatable bonds is 7. The normalized spacial score (nSPS) is 10.2. The van der Waals surface area contributed by atoms with Crippen LogP contribution in [0.4, 0.5) is 5.82 Å². The number of anilines is 1. The van der Waals surface area contributed by atoms with Crippen molar-refractivity contribution in [3.8, 4) is 17.4 Å². The van der Waals surface area contributed by atoms with Crippen LogP contribution in [0.2, 0.25) is 0 Å². The summed E-state index contributed by atoms with van der Waals surface area (Å²) in [5.41, 5.74) is 0.980. The number of benzene rings is 1. The van der Waals surface area contributed by atoms with E-state index in [-0.39, 0.29) is 0 Å². The topological polar surface area (TPSA) is 56.3 Å². The largest absolute Gasteiger partial charge is 0.494 e. The number of ether oxygens (including phenoxy) is 2. The molecule has 0 unspecified atom stereocenters. The minimum absolute atomic E-state index is 0.590. The van der Waals surface area contributed by atoms with E-state index in [2.05, 4.69) is 22.2 Å². The Morgan fingerprint density at radius 2 is 1.71 bits per heavy atom. The van der Waals surface area contributed by atoms with Gasteiger partial charge in [0, 0.05) is 6.54 Å². The second kappa shape index (κ2) is 7.47. The van der Waals surface area contributed by atoms with Gasteiger partial charge in [0.1, 0.15) is 23.6 Å². The minimum Gasteiger partial charge on any atom is -0.494 e. The molecule has 2 rings (SSSR count). The molecule has 0 radical (unpaired) electrons. The van der Waals surface area contributed by atoms with E-state index in [1.54, 1.807) is 0 Å². The van der Waals surface area contributed by atoms with Gasteiger partial charge in [0.15, 0.2) is 0 Å². The first-order valence-corrected chi connectivity index (χ1v) is 7.26. The molecular formula is C16H21N3O2. The highest BCUT2D eigenvalue weighted by Crippen LogP contribution is 2.28. The van der Waals surface area contributed by atoms with Gasteiger partial charge in [-0.05, 0) is 44.5 Å².